The van der Waals surface area contributed by atoms with E-state index in [1.165, 1.54) is 11.0 Å². The minimum absolute atomic E-state index is 0.0588. The van der Waals surface area contributed by atoms with Crippen molar-refractivity contribution in [3.8, 4) is 0 Å². The van der Waals surface area contributed by atoms with Crippen LogP contribution in [0.4, 0.5) is 10.1 Å². The van der Waals surface area contributed by atoms with E-state index in [0.717, 1.165) is 0 Å². The molecule has 0 fully saturated rings. The summed E-state index contributed by atoms with van der Waals surface area (Å²) >= 11 is 3.45. The number of Topliss-reactive ketones (excluding diaryl/α,β-unsaturated/α-hetero) is 1. The maximum absolute atomic E-state index is 14.2. The first-order valence-electron chi connectivity index (χ1n) is 6.89. The molecule has 1 aromatic carbocycles. The van der Waals surface area contributed by atoms with Crippen molar-refractivity contribution in [2.45, 2.75) is 27.7 Å². The van der Waals surface area contributed by atoms with E-state index >= 15 is 0 Å². The summed E-state index contributed by atoms with van der Waals surface area (Å²) < 4.78 is 14.2. The summed E-state index contributed by atoms with van der Waals surface area (Å²) in [6.45, 7) is 8.22. The zero-order valence-corrected chi connectivity index (χ0v) is 14.3. The standard InChI is InChI=1S/C16H19BrFNO2/c1-9-5-11-13(12(18)6-9)19(15(21)14(11)20)8-10(7-17)16(2,3)4/h5-6,10H,7-8H2,1-4H3. The molecule has 1 unspecified atom stereocenters. The first-order chi connectivity index (χ1) is 9.66. The van der Waals surface area contributed by atoms with Crippen LogP contribution in [0.1, 0.15) is 36.7 Å². The van der Waals surface area contributed by atoms with Gasteiger partial charge in [0.25, 0.3) is 11.7 Å². The van der Waals surface area contributed by atoms with Gasteiger partial charge >= 0.3 is 0 Å². The number of ketones is 1. The number of aryl methyl sites for hydroxylation is 1. The van der Waals surface area contributed by atoms with Crippen molar-refractivity contribution in [2.75, 3.05) is 16.8 Å². The van der Waals surface area contributed by atoms with Crippen LogP contribution in [0.5, 0.6) is 0 Å². The second kappa shape index (κ2) is 5.52. The van der Waals surface area contributed by atoms with Gasteiger partial charge in [0.15, 0.2) is 0 Å². The minimum atomic E-state index is -0.635. The number of rotatable bonds is 3. The second-order valence-electron chi connectivity index (χ2n) is 6.61. The van der Waals surface area contributed by atoms with Gasteiger partial charge in [0.05, 0.1) is 11.3 Å². The molecule has 1 atom stereocenters. The summed E-state index contributed by atoms with van der Waals surface area (Å²) in [6.07, 6.45) is 0. The number of nitrogens with zero attached hydrogens (tertiary/aromatic N) is 1. The molecule has 0 aliphatic carbocycles. The van der Waals surface area contributed by atoms with Crippen LogP contribution in [0.2, 0.25) is 0 Å². The van der Waals surface area contributed by atoms with E-state index in [4.69, 9.17) is 0 Å². The molecule has 3 nitrogen and oxygen atoms in total. The molecule has 0 bridgehead atoms. The summed E-state index contributed by atoms with van der Waals surface area (Å²) in [5.41, 5.74) is 0.893. The summed E-state index contributed by atoms with van der Waals surface area (Å²) in [5.74, 6) is -1.65. The second-order valence-corrected chi connectivity index (χ2v) is 7.25. The summed E-state index contributed by atoms with van der Waals surface area (Å²) in [5, 5.41) is 0.678. The highest BCUT2D eigenvalue weighted by Crippen LogP contribution is 2.36. The molecular formula is C16H19BrFNO2. The molecule has 1 heterocycles. The number of alkyl halides is 1. The molecule has 0 aromatic heterocycles. The number of hydrogen-bond acceptors (Lipinski definition) is 2. The van der Waals surface area contributed by atoms with E-state index in [1.54, 1.807) is 13.0 Å². The lowest BCUT2D eigenvalue weighted by Gasteiger charge is -2.32. The minimum Gasteiger partial charge on any atom is -0.302 e. The highest BCUT2D eigenvalue weighted by molar-refractivity contribution is 9.09. The molecule has 5 heteroatoms. The van der Waals surface area contributed by atoms with Crippen molar-refractivity contribution in [1.82, 2.24) is 0 Å². The number of carbonyl (C=O) groups excluding carboxylic acids is 2. The monoisotopic (exact) mass is 355 g/mol. The first-order valence-corrected chi connectivity index (χ1v) is 8.01. The molecule has 0 spiro atoms. The smallest absolute Gasteiger partial charge is 0.299 e. The Labute approximate surface area is 132 Å². The highest BCUT2D eigenvalue weighted by Gasteiger charge is 2.40. The van der Waals surface area contributed by atoms with Gasteiger partial charge in [0.2, 0.25) is 0 Å². The number of halogens is 2. The van der Waals surface area contributed by atoms with E-state index in [2.05, 4.69) is 36.7 Å². The van der Waals surface area contributed by atoms with E-state index in [9.17, 15) is 14.0 Å². The number of benzene rings is 1. The average Bonchev–Trinajstić information content (AvgIpc) is 2.59. The molecule has 0 saturated heterocycles. The number of carbonyl (C=O) groups is 2. The predicted molar refractivity (Wildman–Crippen MR) is 84.6 cm³/mol. The molecule has 1 aromatic rings. The van der Waals surface area contributed by atoms with Crippen LogP contribution in [0.25, 0.3) is 0 Å². The van der Waals surface area contributed by atoms with E-state index in [0.29, 0.717) is 17.4 Å². The average molecular weight is 356 g/mol. The number of amides is 1. The van der Waals surface area contributed by atoms with Gasteiger partial charge in [-0.25, -0.2) is 4.39 Å². The molecule has 0 saturated carbocycles. The highest BCUT2D eigenvalue weighted by atomic mass is 79.9. The van der Waals surface area contributed by atoms with E-state index < -0.39 is 17.5 Å². The van der Waals surface area contributed by atoms with E-state index in [-0.39, 0.29) is 22.6 Å². The third-order valence-corrected chi connectivity index (χ3v) is 4.76. The molecule has 0 N–H and O–H groups in total. The van der Waals surface area contributed by atoms with Crippen LogP contribution in [-0.2, 0) is 4.79 Å². The SMILES string of the molecule is Cc1cc(F)c2c(c1)C(=O)C(=O)N2CC(CBr)C(C)(C)C. The van der Waals surface area contributed by atoms with Crippen molar-refractivity contribution in [3.63, 3.8) is 0 Å². The Morgan fingerprint density at radius 1 is 1.29 bits per heavy atom. The largest absolute Gasteiger partial charge is 0.302 e. The van der Waals surface area contributed by atoms with Gasteiger partial charge in [0.1, 0.15) is 5.82 Å². The van der Waals surface area contributed by atoms with Gasteiger partial charge in [-0.15, -0.1) is 0 Å². The quantitative estimate of drug-likeness (QED) is 0.612. The molecule has 21 heavy (non-hydrogen) atoms. The predicted octanol–water partition coefficient (Wildman–Crippen LogP) is 3.72. The molecular weight excluding hydrogens is 337 g/mol. The lowest BCUT2D eigenvalue weighted by Crippen LogP contribution is -2.39. The Morgan fingerprint density at radius 2 is 1.90 bits per heavy atom. The topological polar surface area (TPSA) is 37.4 Å². The number of hydrogen-bond donors (Lipinski definition) is 0. The van der Waals surface area contributed by atoms with Gasteiger partial charge in [0, 0.05) is 11.9 Å². The summed E-state index contributed by atoms with van der Waals surface area (Å²) in [6, 6.07) is 2.94. The normalized spacial score (nSPS) is 16.4. The van der Waals surface area contributed by atoms with Crippen molar-refractivity contribution in [3.05, 3.63) is 29.1 Å². The van der Waals surface area contributed by atoms with Crippen LogP contribution in [0.15, 0.2) is 12.1 Å². The zero-order valence-electron chi connectivity index (χ0n) is 12.7. The fourth-order valence-electron chi connectivity index (χ4n) is 2.47. The van der Waals surface area contributed by atoms with Crippen molar-refractivity contribution < 1.29 is 14.0 Å². The van der Waals surface area contributed by atoms with Gasteiger partial charge in [-0.1, -0.05) is 36.7 Å². The third kappa shape index (κ3) is 2.89. The first kappa shape index (κ1) is 16.1. The Kier molecular flexibility index (Phi) is 4.24. The molecule has 1 aliphatic rings. The Hall–Kier alpha value is -1.23. The van der Waals surface area contributed by atoms with Crippen molar-refractivity contribution >= 4 is 33.3 Å². The summed E-state index contributed by atoms with van der Waals surface area (Å²) in [7, 11) is 0. The number of fused-ring (bicyclic) bond motifs is 1. The molecule has 1 aliphatic heterocycles. The van der Waals surface area contributed by atoms with E-state index in [1.807, 2.05) is 0 Å². The van der Waals surface area contributed by atoms with Gasteiger partial charge < -0.3 is 4.90 Å². The number of anilines is 1. The van der Waals surface area contributed by atoms with Gasteiger partial charge in [-0.05, 0) is 36.0 Å². The Bertz CT molecular complexity index is 607. The fourth-order valence-corrected chi connectivity index (χ4v) is 3.65. The molecule has 1 amide bonds. The van der Waals surface area contributed by atoms with Gasteiger partial charge in [-0.2, -0.15) is 0 Å². The van der Waals surface area contributed by atoms with Crippen LogP contribution in [-0.4, -0.2) is 23.6 Å². The third-order valence-electron chi connectivity index (χ3n) is 3.98. The van der Waals surface area contributed by atoms with Crippen LogP contribution in [0.3, 0.4) is 0 Å². The Balaban J connectivity index is 2.44. The van der Waals surface area contributed by atoms with Gasteiger partial charge in [-0.3, -0.25) is 9.59 Å². The lowest BCUT2D eigenvalue weighted by atomic mass is 9.82. The van der Waals surface area contributed by atoms with Crippen molar-refractivity contribution in [1.29, 1.82) is 0 Å². The lowest BCUT2D eigenvalue weighted by molar-refractivity contribution is -0.114. The molecule has 0 radical (unpaired) electrons. The summed E-state index contributed by atoms with van der Waals surface area (Å²) in [4.78, 5) is 25.6. The maximum Gasteiger partial charge on any atom is 0.299 e. The van der Waals surface area contributed by atoms with Crippen LogP contribution < -0.4 is 4.90 Å². The fraction of sp³-hybridized carbons (Fsp3) is 0.500. The van der Waals surface area contributed by atoms with Crippen molar-refractivity contribution in [2.24, 2.45) is 11.3 Å². The Morgan fingerprint density at radius 3 is 2.43 bits per heavy atom. The zero-order chi connectivity index (χ0) is 15.9. The molecule has 2 rings (SSSR count). The maximum atomic E-state index is 14.2. The van der Waals surface area contributed by atoms with Crippen LogP contribution in [0, 0.1) is 24.1 Å². The van der Waals surface area contributed by atoms with Crippen LogP contribution >= 0.6 is 15.9 Å². The molecule has 114 valence electrons.